The molecule has 0 spiro atoms. The highest BCUT2D eigenvalue weighted by Gasteiger charge is 2.17. The zero-order chi connectivity index (χ0) is 14.7. The Hall–Kier alpha value is -2.15. The molecule has 0 bridgehead atoms. The maximum atomic E-state index is 11.9. The predicted octanol–water partition coefficient (Wildman–Crippen LogP) is 2.22. The van der Waals surface area contributed by atoms with Gasteiger partial charge in [0.05, 0.1) is 12.1 Å². The SMILES string of the molecule is Cc1ccc(-c2nc(C)c(C(=O)NCCC(=O)O)s2)o1. The average molecular weight is 294 g/mol. The highest BCUT2D eigenvalue weighted by Crippen LogP contribution is 2.29. The average Bonchev–Trinajstić information content (AvgIpc) is 2.95. The summed E-state index contributed by atoms with van der Waals surface area (Å²) in [6, 6.07) is 3.64. The smallest absolute Gasteiger partial charge is 0.305 e. The number of rotatable bonds is 5. The first-order chi connectivity index (χ1) is 9.47. The molecule has 0 fully saturated rings. The van der Waals surface area contributed by atoms with E-state index in [-0.39, 0.29) is 18.9 Å². The summed E-state index contributed by atoms with van der Waals surface area (Å²) in [6.07, 6.45) is -0.103. The molecule has 6 nitrogen and oxygen atoms in total. The fourth-order valence-corrected chi connectivity index (χ4v) is 2.57. The van der Waals surface area contributed by atoms with Gasteiger partial charge in [-0.15, -0.1) is 11.3 Å². The fraction of sp³-hybridized carbons (Fsp3) is 0.308. The lowest BCUT2D eigenvalue weighted by Crippen LogP contribution is -2.25. The first-order valence-electron chi connectivity index (χ1n) is 6.01. The van der Waals surface area contributed by atoms with Crippen LogP contribution in [0, 0.1) is 13.8 Å². The van der Waals surface area contributed by atoms with Gasteiger partial charge in [0.15, 0.2) is 10.8 Å². The van der Waals surface area contributed by atoms with Crippen molar-refractivity contribution in [1.29, 1.82) is 0 Å². The van der Waals surface area contributed by atoms with Crippen molar-refractivity contribution in [3.63, 3.8) is 0 Å². The van der Waals surface area contributed by atoms with E-state index in [0.29, 0.717) is 21.3 Å². The van der Waals surface area contributed by atoms with E-state index in [4.69, 9.17) is 9.52 Å². The Bertz CT molecular complexity index is 645. The third-order valence-corrected chi connectivity index (χ3v) is 3.75. The summed E-state index contributed by atoms with van der Waals surface area (Å²) in [6.45, 7) is 3.67. The summed E-state index contributed by atoms with van der Waals surface area (Å²) >= 11 is 1.23. The minimum absolute atomic E-state index is 0.0979. The molecule has 0 aliphatic heterocycles. The Morgan fingerprint density at radius 1 is 1.40 bits per heavy atom. The monoisotopic (exact) mass is 294 g/mol. The number of nitrogens with zero attached hydrogens (tertiary/aromatic N) is 1. The van der Waals surface area contributed by atoms with Gasteiger partial charge in [-0.25, -0.2) is 4.98 Å². The van der Waals surface area contributed by atoms with Crippen LogP contribution in [0.2, 0.25) is 0 Å². The van der Waals surface area contributed by atoms with Crippen molar-refractivity contribution in [3.8, 4) is 10.8 Å². The third kappa shape index (κ3) is 3.24. The molecule has 1 amide bonds. The lowest BCUT2D eigenvalue weighted by atomic mass is 10.3. The van der Waals surface area contributed by atoms with Crippen LogP contribution in [0.4, 0.5) is 0 Å². The number of aromatic nitrogens is 1. The number of amides is 1. The molecule has 2 aromatic rings. The molecule has 2 heterocycles. The van der Waals surface area contributed by atoms with Crippen LogP contribution in [0.15, 0.2) is 16.5 Å². The van der Waals surface area contributed by atoms with Gasteiger partial charge >= 0.3 is 5.97 Å². The molecule has 0 saturated heterocycles. The topological polar surface area (TPSA) is 92.4 Å². The Labute approximate surface area is 119 Å². The van der Waals surface area contributed by atoms with Gasteiger partial charge in [0, 0.05) is 6.54 Å². The van der Waals surface area contributed by atoms with Crippen molar-refractivity contribution < 1.29 is 19.1 Å². The molecule has 0 aliphatic carbocycles. The number of carbonyl (C=O) groups excluding carboxylic acids is 1. The van der Waals surface area contributed by atoms with E-state index in [9.17, 15) is 9.59 Å². The second kappa shape index (κ2) is 5.87. The fourth-order valence-electron chi connectivity index (χ4n) is 1.63. The number of hydrogen-bond donors (Lipinski definition) is 2. The first-order valence-corrected chi connectivity index (χ1v) is 6.83. The second-order valence-corrected chi connectivity index (χ2v) is 5.24. The normalized spacial score (nSPS) is 10.5. The Kier molecular flexibility index (Phi) is 4.19. The molecule has 0 aliphatic rings. The van der Waals surface area contributed by atoms with Gasteiger partial charge < -0.3 is 14.8 Å². The summed E-state index contributed by atoms with van der Waals surface area (Å²) < 4.78 is 5.47. The molecule has 0 aromatic carbocycles. The van der Waals surface area contributed by atoms with E-state index < -0.39 is 5.97 Å². The van der Waals surface area contributed by atoms with Gasteiger partial charge in [0.1, 0.15) is 10.6 Å². The number of furan rings is 1. The zero-order valence-corrected chi connectivity index (χ0v) is 11.9. The first kappa shape index (κ1) is 14.3. The number of carbonyl (C=O) groups is 2. The maximum absolute atomic E-state index is 11.9. The standard InChI is InChI=1S/C13H14N2O4S/c1-7-3-4-9(19-7)13-15-8(2)11(20-13)12(18)14-6-5-10(16)17/h3-4H,5-6H2,1-2H3,(H,14,18)(H,16,17). The highest BCUT2D eigenvalue weighted by atomic mass is 32.1. The lowest BCUT2D eigenvalue weighted by Gasteiger charge is -2.00. The van der Waals surface area contributed by atoms with Gasteiger partial charge in [0.25, 0.3) is 5.91 Å². The van der Waals surface area contributed by atoms with Gasteiger partial charge in [-0.2, -0.15) is 0 Å². The number of aryl methyl sites for hydroxylation is 2. The van der Waals surface area contributed by atoms with Crippen molar-refractivity contribution in [3.05, 3.63) is 28.5 Å². The number of nitrogens with one attached hydrogen (secondary N) is 1. The van der Waals surface area contributed by atoms with Crippen LogP contribution in [-0.2, 0) is 4.79 Å². The molecule has 0 saturated carbocycles. The van der Waals surface area contributed by atoms with Crippen LogP contribution in [0.3, 0.4) is 0 Å². The van der Waals surface area contributed by atoms with E-state index >= 15 is 0 Å². The van der Waals surface area contributed by atoms with Crippen molar-refractivity contribution in [2.75, 3.05) is 6.54 Å². The van der Waals surface area contributed by atoms with Gasteiger partial charge in [-0.3, -0.25) is 9.59 Å². The third-order valence-electron chi connectivity index (χ3n) is 2.58. The molecule has 2 aromatic heterocycles. The number of carboxylic acids is 1. The molecule has 106 valence electrons. The van der Waals surface area contributed by atoms with Crippen LogP contribution in [0.5, 0.6) is 0 Å². The van der Waals surface area contributed by atoms with Gasteiger partial charge in [0.2, 0.25) is 0 Å². The zero-order valence-electron chi connectivity index (χ0n) is 11.1. The quantitative estimate of drug-likeness (QED) is 0.882. The minimum Gasteiger partial charge on any atom is -0.481 e. The summed E-state index contributed by atoms with van der Waals surface area (Å²) in [5, 5.41) is 11.7. The second-order valence-electron chi connectivity index (χ2n) is 4.24. The van der Waals surface area contributed by atoms with Crippen molar-refractivity contribution in [2.45, 2.75) is 20.3 Å². The summed E-state index contributed by atoms with van der Waals surface area (Å²) in [7, 11) is 0. The van der Waals surface area contributed by atoms with Crippen LogP contribution < -0.4 is 5.32 Å². The van der Waals surface area contributed by atoms with Crippen LogP contribution >= 0.6 is 11.3 Å². The van der Waals surface area contributed by atoms with Crippen molar-refractivity contribution in [1.82, 2.24) is 10.3 Å². The van der Waals surface area contributed by atoms with Crippen molar-refractivity contribution >= 4 is 23.2 Å². The van der Waals surface area contributed by atoms with Crippen LogP contribution in [0.25, 0.3) is 10.8 Å². The van der Waals surface area contributed by atoms with E-state index in [0.717, 1.165) is 5.76 Å². The van der Waals surface area contributed by atoms with E-state index in [1.54, 1.807) is 13.0 Å². The summed E-state index contributed by atoms with van der Waals surface area (Å²) in [5.74, 6) is 0.148. The highest BCUT2D eigenvalue weighted by molar-refractivity contribution is 7.17. The number of carboxylic acid groups (broad SMARTS) is 1. The molecule has 20 heavy (non-hydrogen) atoms. The summed E-state index contributed by atoms with van der Waals surface area (Å²) in [4.78, 5) is 27.1. The van der Waals surface area contributed by atoms with E-state index in [1.807, 2.05) is 13.0 Å². The number of aliphatic carboxylic acids is 1. The molecular formula is C13H14N2O4S. The number of hydrogen-bond acceptors (Lipinski definition) is 5. The summed E-state index contributed by atoms with van der Waals surface area (Å²) in [5.41, 5.74) is 0.604. The largest absolute Gasteiger partial charge is 0.481 e. The molecule has 0 unspecified atom stereocenters. The van der Waals surface area contributed by atoms with Crippen molar-refractivity contribution in [2.24, 2.45) is 0 Å². The predicted molar refractivity (Wildman–Crippen MR) is 73.9 cm³/mol. The minimum atomic E-state index is -0.946. The van der Waals surface area contributed by atoms with E-state index in [1.165, 1.54) is 11.3 Å². The Morgan fingerprint density at radius 2 is 2.15 bits per heavy atom. The molecule has 0 radical (unpaired) electrons. The van der Waals surface area contributed by atoms with Gasteiger partial charge in [-0.1, -0.05) is 0 Å². The van der Waals surface area contributed by atoms with E-state index in [2.05, 4.69) is 10.3 Å². The Balaban J connectivity index is 2.11. The number of thiazole rings is 1. The molecule has 2 N–H and O–H groups in total. The molecule has 0 atom stereocenters. The molecular weight excluding hydrogens is 280 g/mol. The molecule has 2 rings (SSSR count). The lowest BCUT2D eigenvalue weighted by molar-refractivity contribution is -0.136. The Morgan fingerprint density at radius 3 is 2.75 bits per heavy atom. The van der Waals surface area contributed by atoms with Crippen LogP contribution in [0.1, 0.15) is 27.5 Å². The van der Waals surface area contributed by atoms with Crippen LogP contribution in [-0.4, -0.2) is 28.5 Å². The molecule has 7 heteroatoms. The van der Waals surface area contributed by atoms with Gasteiger partial charge in [-0.05, 0) is 26.0 Å². The maximum Gasteiger partial charge on any atom is 0.305 e.